The number of carbonyl (C=O) groups is 2. The van der Waals surface area contributed by atoms with E-state index >= 15 is 0 Å². The third-order valence-corrected chi connectivity index (χ3v) is 3.55. The van der Waals surface area contributed by atoms with E-state index in [1.165, 1.54) is 6.92 Å². The van der Waals surface area contributed by atoms with Gasteiger partial charge in [-0.3, -0.25) is 9.59 Å². The third kappa shape index (κ3) is 6.73. The molecule has 0 aromatic heterocycles. The fourth-order valence-electron chi connectivity index (χ4n) is 2.41. The van der Waals surface area contributed by atoms with Crippen LogP contribution >= 0.6 is 0 Å². The number of carbonyl (C=O) groups excluding carboxylic acids is 2. The van der Waals surface area contributed by atoms with Crippen molar-refractivity contribution in [2.75, 3.05) is 19.8 Å². The molecule has 0 fully saturated rings. The summed E-state index contributed by atoms with van der Waals surface area (Å²) in [5.74, 6) is -0.405. The van der Waals surface area contributed by atoms with Crippen LogP contribution in [-0.2, 0) is 14.3 Å². The second-order valence-electron chi connectivity index (χ2n) is 5.65. The van der Waals surface area contributed by atoms with E-state index in [2.05, 4.69) is 29.6 Å². The van der Waals surface area contributed by atoms with Gasteiger partial charge in [-0.15, -0.1) is 0 Å². The van der Waals surface area contributed by atoms with Gasteiger partial charge in [0.1, 0.15) is 5.78 Å². The zero-order valence-electron chi connectivity index (χ0n) is 14.4. The van der Waals surface area contributed by atoms with E-state index in [9.17, 15) is 9.59 Å². The summed E-state index contributed by atoms with van der Waals surface area (Å²) in [7, 11) is 0. The van der Waals surface area contributed by atoms with Gasteiger partial charge in [-0.05, 0) is 23.6 Å². The molecule has 0 heterocycles. The quantitative estimate of drug-likeness (QED) is 0.564. The maximum absolute atomic E-state index is 11.4. The van der Waals surface area contributed by atoms with Crippen molar-refractivity contribution in [3.8, 4) is 0 Å². The summed E-state index contributed by atoms with van der Waals surface area (Å²) in [5, 5.41) is 2.66. The Morgan fingerprint density at radius 1 is 0.960 bits per heavy atom. The molecule has 0 unspecified atom stereocenters. The molecule has 4 heteroatoms. The minimum Gasteiger partial charge on any atom is -0.376 e. The summed E-state index contributed by atoms with van der Waals surface area (Å²) >= 11 is 0. The molecule has 130 valence electrons. The lowest BCUT2D eigenvalue weighted by Gasteiger charge is -2.09. The largest absolute Gasteiger partial charge is 0.376 e. The van der Waals surface area contributed by atoms with Crippen molar-refractivity contribution in [1.29, 1.82) is 0 Å². The van der Waals surface area contributed by atoms with Crippen LogP contribution in [0.1, 0.15) is 24.5 Å². The molecule has 25 heavy (non-hydrogen) atoms. The van der Waals surface area contributed by atoms with Crippen LogP contribution in [0.15, 0.2) is 66.7 Å². The Morgan fingerprint density at radius 2 is 1.52 bits per heavy atom. The first kappa shape index (κ1) is 18.6. The normalized spacial score (nSPS) is 10.1. The van der Waals surface area contributed by atoms with Gasteiger partial charge in [0.05, 0.1) is 19.6 Å². The molecule has 2 aromatic carbocycles. The van der Waals surface area contributed by atoms with E-state index in [-0.39, 0.29) is 18.1 Å². The molecule has 0 aliphatic carbocycles. The molecular formula is C21H23NO3. The Kier molecular flexibility index (Phi) is 7.60. The van der Waals surface area contributed by atoms with Gasteiger partial charge in [0.2, 0.25) is 5.91 Å². The smallest absolute Gasteiger partial charge is 0.227 e. The van der Waals surface area contributed by atoms with Crippen LogP contribution < -0.4 is 5.32 Å². The maximum atomic E-state index is 11.4. The Hall–Kier alpha value is -2.72. The molecule has 0 saturated heterocycles. The Morgan fingerprint density at radius 3 is 2.04 bits per heavy atom. The minimum atomic E-state index is -0.263. The number of hydrogen-bond donors (Lipinski definition) is 1. The zero-order chi connectivity index (χ0) is 17.9. The molecule has 0 bridgehead atoms. The van der Waals surface area contributed by atoms with Crippen molar-refractivity contribution >= 4 is 17.3 Å². The summed E-state index contributed by atoms with van der Waals surface area (Å²) in [5.41, 5.74) is 3.38. The third-order valence-electron chi connectivity index (χ3n) is 3.55. The summed E-state index contributed by atoms with van der Waals surface area (Å²) in [6.07, 6.45) is 1.97. The molecule has 1 N–H and O–H groups in total. The molecule has 2 aromatic rings. The summed E-state index contributed by atoms with van der Waals surface area (Å²) in [4.78, 5) is 22.2. The fraction of sp³-hybridized carbons (Fsp3) is 0.238. The molecule has 4 nitrogen and oxygen atoms in total. The summed E-state index contributed by atoms with van der Waals surface area (Å²) in [6.45, 7) is 2.64. The van der Waals surface area contributed by atoms with Crippen molar-refractivity contribution in [3.63, 3.8) is 0 Å². The lowest BCUT2D eigenvalue weighted by molar-refractivity contribution is -0.127. The van der Waals surface area contributed by atoms with Crippen LogP contribution in [-0.4, -0.2) is 31.4 Å². The van der Waals surface area contributed by atoms with Crippen molar-refractivity contribution in [1.82, 2.24) is 5.32 Å². The number of hydrogen-bond acceptors (Lipinski definition) is 3. The topological polar surface area (TPSA) is 55.4 Å². The number of nitrogens with one attached hydrogen (secondary N) is 1. The van der Waals surface area contributed by atoms with Crippen molar-refractivity contribution in [2.45, 2.75) is 13.3 Å². The standard InChI is InChI=1S/C21H23NO3/c1-17(23)16-21(24)22-13-15-25-14-12-20(18-8-4-2-5-9-18)19-10-6-3-7-11-19/h2-12H,13-16H2,1H3,(H,22,24). The highest BCUT2D eigenvalue weighted by atomic mass is 16.5. The molecule has 0 aliphatic heterocycles. The van der Waals surface area contributed by atoms with Gasteiger partial charge < -0.3 is 10.1 Å². The highest BCUT2D eigenvalue weighted by molar-refractivity contribution is 5.96. The van der Waals surface area contributed by atoms with Crippen molar-refractivity contribution in [3.05, 3.63) is 77.9 Å². The van der Waals surface area contributed by atoms with Gasteiger partial charge in [-0.25, -0.2) is 0 Å². The number of rotatable bonds is 9. The van der Waals surface area contributed by atoms with Gasteiger partial charge in [0, 0.05) is 6.54 Å². The molecular weight excluding hydrogens is 314 g/mol. The van der Waals surface area contributed by atoms with E-state index in [4.69, 9.17) is 4.74 Å². The average molecular weight is 337 g/mol. The van der Waals surface area contributed by atoms with Crippen LogP contribution in [0.3, 0.4) is 0 Å². The molecule has 0 radical (unpaired) electrons. The van der Waals surface area contributed by atoms with Crippen LogP contribution in [0.2, 0.25) is 0 Å². The van der Waals surface area contributed by atoms with Gasteiger partial charge in [-0.2, -0.15) is 0 Å². The molecule has 2 rings (SSSR count). The first-order valence-electron chi connectivity index (χ1n) is 8.31. The van der Waals surface area contributed by atoms with Gasteiger partial charge in [0.25, 0.3) is 0 Å². The van der Waals surface area contributed by atoms with E-state index in [0.717, 1.165) is 16.7 Å². The lowest BCUT2D eigenvalue weighted by Crippen LogP contribution is -2.28. The average Bonchev–Trinajstić information content (AvgIpc) is 2.62. The second kappa shape index (κ2) is 10.2. The second-order valence-corrected chi connectivity index (χ2v) is 5.65. The fourth-order valence-corrected chi connectivity index (χ4v) is 2.41. The minimum absolute atomic E-state index is 0.0773. The number of ketones is 1. The highest BCUT2D eigenvalue weighted by Crippen LogP contribution is 2.22. The summed E-state index contributed by atoms with van der Waals surface area (Å²) < 4.78 is 5.59. The van der Waals surface area contributed by atoms with Crippen LogP contribution in [0.5, 0.6) is 0 Å². The van der Waals surface area contributed by atoms with E-state index in [0.29, 0.717) is 19.8 Å². The van der Waals surface area contributed by atoms with E-state index < -0.39 is 0 Å². The highest BCUT2D eigenvalue weighted by Gasteiger charge is 2.05. The predicted molar refractivity (Wildman–Crippen MR) is 99.1 cm³/mol. The van der Waals surface area contributed by atoms with Gasteiger partial charge in [-0.1, -0.05) is 66.7 Å². The van der Waals surface area contributed by atoms with Gasteiger partial charge >= 0.3 is 0 Å². The number of benzene rings is 2. The Labute approximate surface area is 148 Å². The van der Waals surface area contributed by atoms with E-state index in [1.54, 1.807) is 0 Å². The number of ether oxygens (including phenoxy) is 1. The first-order chi connectivity index (χ1) is 12.2. The van der Waals surface area contributed by atoms with Crippen LogP contribution in [0.25, 0.3) is 5.57 Å². The van der Waals surface area contributed by atoms with Gasteiger partial charge in [0.15, 0.2) is 0 Å². The molecule has 1 amide bonds. The molecule has 0 spiro atoms. The number of amides is 1. The molecule has 0 aliphatic rings. The first-order valence-corrected chi connectivity index (χ1v) is 8.31. The van der Waals surface area contributed by atoms with Crippen LogP contribution in [0.4, 0.5) is 0 Å². The summed E-state index contributed by atoms with van der Waals surface area (Å²) in [6, 6.07) is 20.3. The van der Waals surface area contributed by atoms with Crippen molar-refractivity contribution in [2.24, 2.45) is 0 Å². The maximum Gasteiger partial charge on any atom is 0.227 e. The van der Waals surface area contributed by atoms with E-state index in [1.807, 2.05) is 42.5 Å². The number of Topliss-reactive ketones (excluding diaryl/α,β-unsaturated/α-hetero) is 1. The Balaban J connectivity index is 1.89. The monoisotopic (exact) mass is 337 g/mol. The molecule has 0 saturated carbocycles. The zero-order valence-corrected chi connectivity index (χ0v) is 14.4. The molecule has 0 atom stereocenters. The lowest BCUT2D eigenvalue weighted by atomic mass is 9.98. The van der Waals surface area contributed by atoms with Crippen molar-refractivity contribution < 1.29 is 14.3 Å². The van der Waals surface area contributed by atoms with Crippen LogP contribution in [0, 0.1) is 0 Å². The Bertz CT molecular complexity index is 667. The predicted octanol–water partition coefficient (Wildman–Crippen LogP) is 3.23. The SMILES string of the molecule is CC(=O)CC(=O)NCCOCC=C(c1ccccc1)c1ccccc1.